The Morgan fingerprint density at radius 1 is 1.62 bits per heavy atom. The van der Waals surface area contributed by atoms with Crippen LogP contribution in [0.4, 0.5) is 4.39 Å². The van der Waals surface area contributed by atoms with E-state index in [-0.39, 0.29) is 0 Å². The minimum Gasteiger partial charge on any atom is -0.303 e. The lowest BCUT2D eigenvalue weighted by Gasteiger charge is -2.10. The first kappa shape index (κ1) is 6.02. The van der Waals surface area contributed by atoms with Crippen LogP contribution in [0.1, 0.15) is 13.3 Å². The fourth-order valence-electron chi connectivity index (χ4n) is 1.14. The van der Waals surface area contributed by atoms with Crippen molar-refractivity contribution in [2.24, 2.45) is 0 Å². The Morgan fingerprint density at radius 3 is 2.38 bits per heavy atom. The van der Waals surface area contributed by atoms with Gasteiger partial charge in [0.15, 0.2) is 0 Å². The number of halogens is 1. The highest BCUT2D eigenvalue weighted by molar-refractivity contribution is 4.84. The van der Waals surface area contributed by atoms with Crippen molar-refractivity contribution in [1.29, 1.82) is 0 Å². The van der Waals surface area contributed by atoms with Gasteiger partial charge in [-0.3, -0.25) is 0 Å². The number of hydrogen-bond acceptors (Lipinski definition) is 1. The molecule has 8 heavy (non-hydrogen) atoms. The number of nitrogens with zero attached hydrogens (tertiary/aromatic N) is 1. The van der Waals surface area contributed by atoms with Gasteiger partial charge in [-0.05, 0) is 20.4 Å². The summed E-state index contributed by atoms with van der Waals surface area (Å²) in [6.45, 7) is 3.18. The second-order valence-corrected chi connectivity index (χ2v) is 2.90. The van der Waals surface area contributed by atoms with Crippen molar-refractivity contribution in [1.82, 2.24) is 4.90 Å². The van der Waals surface area contributed by atoms with Gasteiger partial charge in [-0.15, -0.1) is 0 Å². The van der Waals surface area contributed by atoms with Crippen LogP contribution in [0, 0.1) is 0 Å². The molecule has 0 bridgehead atoms. The van der Waals surface area contributed by atoms with Gasteiger partial charge in [0.25, 0.3) is 0 Å². The number of hydrogen-bond donors (Lipinski definition) is 0. The molecule has 0 saturated carbocycles. The van der Waals surface area contributed by atoms with Crippen LogP contribution < -0.4 is 0 Å². The molecule has 0 spiro atoms. The number of rotatable bonds is 0. The molecule has 1 heterocycles. The average molecular weight is 117 g/mol. The maximum Gasteiger partial charge on any atom is 0.122 e. The van der Waals surface area contributed by atoms with Gasteiger partial charge in [-0.2, -0.15) is 0 Å². The monoisotopic (exact) mass is 117 g/mol. The lowest BCUT2D eigenvalue weighted by molar-refractivity contribution is 0.198. The van der Waals surface area contributed by atoms with Crippen LogP contribution in [0.3, 0.4) is 0 Å². The summed E-state index contributed by atoms with van der Waals surface area (Å²) < 4.78 is 12.8. The molecule has 0 aliphatic carbocycles. The van der Waals surface area contributed by atoms with Crippen LogP contribution in [0.5, 0.6) is 0 Å². The van der Waals surface area contributed by atoms with E-state index in [2.05, 4.69) is 0 Å². The molecule has 0 radical (unpaired) electrons. The van der Waals surface area contributed by atoms with Crippen LogP contribution in [-0.4, -0.2) is 30.7 Å². The summed E-state index contributed by atoms with van der Waals surface area (Å²) in [5.41, 5.74) is -0.908. The fraction of sp³-hybridized carbons (Fsp3) is 1.00. The molecule has 2 heteroatoms. The molecule has 0 N–H and O–H groups in total. The largest absolute Gasteiger partial charge is 0.303 e. The Labute approximate surface area is 49.5 Å². The molecule has 1 atom stereocenters. The molecule has 1 nitrogen and oxygen atoms in total. The van der Waals surface area contributed by atoms with Gasteiger partial charge in [0.05, 0.1) is 0 Å². The van der Waals surface area contributed by atoms with E-state index in [1.165, 1.54) is 0 Å². The quantitative estimate of drug-likeness (QED) is 0.458. The summed E-state index contributed by atoms with van der Waals surface area (Å²) in [5.74, 6) is 0. The van der Waals surface area contributed by atoms with Gasteiger partial charge in [0, 0.05) is 13.1 Å². The highest BCUT2D eigenvalue weighted by Gasteiger charge is 2.30. The average Bonchev–Trinajstić information content (AvgIpc) is 1.82. The first-order valence-corrected chi connectivity index (χ1v) is 2.98. The van der Waals surface area contributed by atoms with Crippen molar-refractivity contribution in [3.8, 4) is 0 Å². The molecule has 0 aromatic heterocycles. The summed E-state index contributed by atoms with van der Waals surface area (Å²) in [6.07, 6.45) is 0.698. The summed E-state index contributed by atoms with van der Waals surface area (Å²) in [7, 11) is 1.95. The van der Waals surface area contributed by atoms with Crippen molar-refractivity contribution < 1.29 is 4.39 Å². The Hall–Kier alpha value is -0.110. The first-order chi connectivity index (χ1) is 3.60. The highest BCUT2D eigenvalue weighted by Crippen LogP contribution is 2.22. The topological polar surface area (TPSA) is 3.24 Å². The van der Waals surface area contributed by atoms with E-state index in [9.17, 15) is 4.39 Å². The smallest absolute Gasteiger partial charge is 0.122 e. The van der Waals surface area contributed by atoms with Crippen LogP contribution in [0.2, 0.25) is 0 Å². The summed E-state index contributed by atoms with van der Waals surface area (Å²) >= 11 is 0. The van der Waals surface area contributed by atoms with Gasteiger partial charge >= 0.3 is 0 Å². The van der Waals surface area contributed by atoms with Gasteiger partial charge < -0.3 is 4.90 Å². The molecule has 1 saturated heterocycles. The molecule has 1 aliphatic heterocycles. The predicted octanol–water partition coefficient (Wildman–Crippen LogP) is 1.05. The van der Waals surface area contributed by atoms with Gasteiger partial charge in [0.2, 0.25) is 0 Å². The molecule has 48 valence electrons. The van der Waals surface area contributed by atoms with Gasteiger partial charge in [-0.1, -0.05) is 0 Å². The van der Waals surface area contributed by atoms with Crippen molar-refractivity contribution in [2.45, 2.75) is 19.0 Å². The molecular weight excluding hydrogens is 105 g/mol. The third-order valence-corrected chi connectivity index (χ3v) is 1.61. The van der Waals surface area contributed by atoms with E-state index in [1.807, 2.05) is 11.9 Å². The third-order valence-electron chi connectivity index (χ3n) is 1.61. The fourth-order valence-corrected chi connectivity index (χ4v) is 1.14. The van der Waals surface area contributed by atoms with Crippen molar-refractivity contribution in [2.75, 3.05) is 20.1 Å². The molecule has 1 aliphatic rings. The van der Waals surface area contributed by atoms with Crippen molar-refractivity contribution in [3.63, 3.8) is 0 Å². The molecule has 0 aromatic rings. The zero-order valence-corrected chi connectivity index (χ0v) is 5.45. The van der Waals surface area contributed by atoms with E-state index in [0.717, 1.165) is 6.54 Å². The molecule has 0 unspecified atom stereocenters. The van der Waals surface area contributed by atoms with Crippen molar-refractivity contribution in [3.05, 3.63) is 0 Å². The lowest BCUT2D eigenvalue weighted by Crippen LogP contribution is -2.22. The summed E-state index contributed by atoms with van der Waals surface area (Å²) in [6, 6.07) is 0. The zero-order chi connectivity index (χ0) is 6.20. The van der Waals surface area contributed by atoms with Gasteiger partial charge in [-0.25, -0.2) is 4.39 Å². The predicted molar refractivity (Wildman–Crippen MR) is 31.6 cm³/mol. The first-order valence-electron chi connectivity index (χ1n) is 2.98. The lowest BCUT2D eigenvalue weighted by atomic mass is 10.1. The van der Waals surface area contributed by atoms with E-state index in [0.29, 0.717) is 13.0 Å². The minimum absolute atomic E-state index is 0.604. The second-order valence-electron chi connectivity index (χ2n) is 2.90. The Kier molecular flexibility index (Phi) is 1.27. The number of likely N-dealkylation sites (tertiary alicyclic amines) is 1. The van der Waals surface area contributed by atoms with Crippen molar-refractivity contribution >= 4 is 0 Å². The Bertz CT molecular complexity index is 90.5. The molecule has 1 fully saturated rings. The summed E-state index contributed by atoms with van der Waals surface area (Å²) in [5, 5.41) is 0. The minimum atomic E-state index is -0.908. The summed E-state index contributed by atoms with van der Waals surface area (Å²) in [4.78, 5) is 2.01. The third kappa shape index (κ3) is 1.19. The molecule has 0 amide bonds. The van der Waals surface area contributed by atoms with Crippen LogP contribution in [-0.2, 0) is 0 Å². The standard InChI is InChI=1S/C6H12FN/c1-6(7)3-4-8(2)5-6/h3-5H2,1-2H3/t6-/m1/s1. The molecule has 0 aromatic carbocycles. The maximum absolute atomic E-state index is 12.8. The second kappa shape index (κ2) is 1.69. The van der Waals surface area contributed by atoms with Crippen LogP contribution in [0.25, 0.3) is 0 Å². The van der Waals surface area contributed by atoms with E-state index >= 15 is 0 Å². The van der Waals surface area contributed by atoms with E-state index in [1.54, 1.807) is 6.92 Å². The Balaban J connectivity index is 2.44. The highest BCUT2D eigenvalue weighted by atomic mass is 19.1. The van der Waals surface area contributed by atoms with E-state index in [4.69, 9.17) is 0 Å². The SMILES string of the molecule is CN1CC[C@@](C)(F)C1. The molecular formula is C6H12FN. The number of alkyl halides is 1. The Morgan fingerprint density at radius 2 is 2.25 bits per heavy atom. The molecule has 1 rings (SSSR count). The van der Waals surface area contributed by atoms with Crippen LogP contribution in [0.15, 0.2) is 0 Å². The van der Waals surface area contributed by atoms with Gasteiger partial charge in [0.1, 0.15) is 5.67 Å². The maximum atomic E-state index is 12.8. The van der Waals surface area contributed by atoms with Crippen LogP contribution >= 0.6 is 0 Å². The van der Waals surface area contributed by atoms with E-state index < -0.39 is 5.67 Å². The zero-order valence-electron chi connectivity index (χ0n) is 5.45. The normalized spacial score (nSPS) is 40.9.